The first-order valence-electron chi connectivity index (χ1n) is 8.40. The molecule has 1 aromatic heterocycles. The van der Waals surface area contributed by atoms with Crippen LogP contribution in [0.25, 0.3) is 0 Å². The van der Waals surface area contributed by atoms with Gasteiger partial charge in [-0.3, -0.25) is 4.79 Å². The molecule has 2 aromatic carbocycles. The van der Waals surface area contributed by atoms with Gasteiger partial charge in [-0.25, -0.2) is 4.39 Å². The van der Waals surface area contributed by atoms with Crippen molar-refractivity contribution in [1.82, 2.24) is 4.90 Å². The summed E-state index contributed by atoms with van der Waals surface area (Å²) in [4.78, 5) is 13.3. The van der Waals surface area contributed by atoms with Crippen LogP contribution in [0.15, 0.2) is 76.2 Å². The van der Waals surface area contributed by atoms with E-state index in [1.165, 1.54) is 19.3 Å². The minimum atomic E-state index is -4.09. The molecule has 1 heterocycles. The fourth-order valence-electron chi connectivity index (χ4n) is 2.56. The van der Waals surface area contributed by atoms with Crippen molar-refractivity contribution in [2.24, 2.45) is 0 Å². The second kappa shape index (κ2) is 8.26. The van der Waals surface area contributed by atoms with Crippen LogP contribution in [-0.2, 0) is 28.0 Å². The van der Waals surface area contributed by atoms with Crippen LogP contribution in [0.5, 0.6) is 5.75 Å². The standard InChI is InChI=1S/C20H18FNO5S/c1-15(23)22(14-19-6-3-11-26-19)13-16-4-2-5-18(12-16)27-28(24,25)20-9-7-17(21)8-10-20/h2-12H,13-14H2,1H3. The lowest BCUT2D eigenvalue weighted by molar-refractivity contribution is -0.130. The van der Waals surface area contributed by atoms with Crippen LogP contribution in [0.4, 0.5) is 4.39 Å². The number of hydrogen-bond acceptors (Lipinski definition) is 5. The Bertz CT molecular complexity index is 1050. The van der Waals surface area contributed by atoms with Gasteiger partial charge in [-0.2, -0.15) is 8.42 Å². The van der Waals surface area contributed by atoms with Crippen LogP contribution in [0.1, 0.15) is 18.2 Å². The molecule has 28 heavy (non-hydrogen) atoms. The number of carbonyl (C=O) groups excluding carboxylic acids is 1. The molecule has 0 aliphatic heterocycles. The summed E-state index contributed by atoms with van der Waals surface area (Å²) in [6.45, 7) is 1.99. The van der Waals surface area contributed by atoms with Crippen molar-refractivity contribution < 1.29 is 26.2 Å². The van der Waals surface area contributed by atoms with E-state index < -0.39 is 15.9 Å². The maximum absolute atomic E-state index is 13.0. The Morgan fingerprint density at radius 1 is 1.07 bits per heavy atom. The number of nitrogens with zero attached hydrogens (tertiary/aromatic N) is 1. The van der Waals surface area contributed by atoms with Crippen molar-refractivity contribution in [2.75, 3.05) is 0 Å². The van der Waals surface area contributed by atoms with Gasteiger partial charge >= 0.3 is 10.1 Å². The van der Waals surface area contributed by atoms with E-state index in [4.69, 9.17) is 8.60 Å². The molecule has 6 nitrogen and oxygen atoms in total. The van der Waals surface area contributed by atoms with Crippen LogP contribution >= 0.6 is 0 Å². The number of halogens is 1. The molecule has 0 aliphatic carbocycles. The lowest BCUT2D eigenvalue weighted by Gasteiger charge is -2.20. The van der Waals surface area contributed by atoms with E-state index in [0.717, 1.165) is 24.3 Å². The summed E-state index contributed by atoms with van der Waals surface area (Å²) in [7, 11) is -4.09. The number of carbonyl (C=O) groups is 1. The molecular weight excluding hydrogens is 385 g/mol. The summed E-state index contributed by atoms with van der Waals surface area (Å²) in [5.41, 5.74) is 0.688. The van der Waals surface area contributed by atoms with Crippen LogP contribution in [0.2, 0.25) is 0 Å². The molecule has 146 valence electrons. The van der Waals surface area contributed by atoms with E-state index in [1.807, 2.05) is 0 Å². The third-order valence-corrected chi connectivity index (χ3v) is 5.21. The number of benzene rings is 2. The van der Waals surface area contributed by atoms with E-state index in [-0.39, 0.29) is 23.1 Å². The van der Waals surface area contributed by atoms with Crippen molar-refractivity contribution in [1.29, 1.82) is 0 Å². The number of hydrogen-bond donors (Lipinski definition) is 0. The summed E-state index contributed by atoms with van der Waals surface area (Å²) in [5, 5.41) is 0. The number of rotatable bonds is 7. The third-order valence-electron chi connectivity index (χ3n) is 3.95. The highest BCUT2D eigenvalue weighted by molar-refractivity contribution is 7.87. The van der Waals surface area contributed by atoms with E-state index in [9.17, 15) is 17.6 Å². The highest BCUT2D eigenvalue weighted by atomic mass is 32.2. The minimum Gasteiger partial charge on any atom is -0.467 e. The summed E-state index contributed by atoms with van der Waals surface area (Å²) in [5.74, 6) is 0.0494. The average Bonchev–Trinajstić information content (AvgIpc) is 3.14. The summed E-state index contributed by atoms with van der Waals surface area (Å²) >= 11 is 0. The van der Waals surface area contributed by atoms with Crippen LogP contribution in [0, 0.1) is 5.82 Å². The predicted octanol–water partition coefficient (Wildman–Crippen LogP) is 3.74. The Balaban J connectivity index is 1.75. The van der Waals surface area contributed by atoms with Crippen LogP contribution in [0.3, 0.4) is 0 Å². The van der Waals surface area contributed by atoms with Gasteiger partial charge in [0, 0.05) is 13.5 Å². The maximum atomic E-state index is 13.0. The van der Waals surface area contributed by atoms with Crippen molar-refractivity contribution >= 4 is 16.0 Å². The topological polar surface area (TPSA) is 76.8 Å². The molecule has 3 aromatic rings. The number of amides is 1. The minimum absolute atomic E-state index is 0.100. The second-order valence-corrected chi connectivity index (χ2v) is 7.64. The monoisotopic (exact) mass is 403 g/mol. The molecule has 0 aliphatic rings. The zero-order valence-electron chi connectivity index (χ0n) is 15.0. The normalized spacial score (nSPS) is 11.2. The van der Waals surface area contributed by atoms with Crippen molar-refractivity contribution in [2.45, 2.75) is 24.9 Å². The highest BCUT2D eigenvalue weighted by Gasteiger charge is 2.18. The lowest BCUT2D eigenvalue weighted by Crippen LogP contribution is -2.27. The van der Waals surface area contributed by atoms with Crippen molar-refractivity contribution in [3.63, 3.8) is 0 Å². The molecule has 0 spiro atoms. The van der Waals surface area contributed by atoms with E-state index in [0.29, 0.717) is 17.9 Å². The van der Waals surface area contributed by atoms with Gasteiger partial charge in [0.15, 0.2) is 0 Å². The summed E-state index contributed by atoms with van der Waals surface area (Å²) < 4.78 is 48.1. The molecule has 1 amide bonds. The zero-order chi connectivity index (χ0) is 20.1. The largest absolute Gasteiger partial charge is 0.467 e. The van der Waals surface area contributed by atoms with Crippen LogP contribution < -0.4 is 4.18 Å². The Kier molecular flexibility index (Phi) is 5.79. The molecule has 0 N–H and O–H groups in total. The van der Waals surface area contributed by atoms with Gasteiger partial charge in [0.2, 0.25) is 5.91 Å². The Morgan fingerprint density at radius 3 is 2.46 bits per heavy atom. The Hall–Kier alpha value is -3.13. The van der Waals surface area contributed by atoms with Gasteiger partial charge in [-0.05, 0) is 54.1 Å². The molecule has 0 saturated heterocycles. The second-order valence-electron chi connectivity index (χ2n) is 6.09. The summed E-state index contributed by atoms with van der Waals surface area (Å²) in [6, 6.07) is 14.3. The van der Waals surface area contributed by atoms with Gasteiger partial charge in [-0.15, -0.1) is 0 Å². The smallest absolute Gasteiger partial charge is 0.339 e. The first kappa shape index (κ1) is 19.6. The van der Waals surface area contributed by atoms with Crippen LogP contribution in [-0.4, -0.2) is 19.2 Å². The van der Waals surface area contributed by atoms with E-state index in [2.05, 4.69) is 0 Å². The predicted molar refractivity (Wildman–Crippen MR) is 99.3 cm³/mol. The van der Waals surface area contributed by atoms with Gasteiger partial charge < -0.3 is 13.5 Å². The first-order valence-corrected chi connectivity index (χ1v) is 9.81. The van der Waals surface area contributed by atoms with Gasteiger partial charge in [0.1, 0.15) is 22.2 Å². The third kappa shape index (κ3) is 4.98. The first-order chi connectivity index (χ1) is 13.3. The molecule has 3 rings (SSSR count). The summed E-state index contributed by atoms with van der Waals surface area (Å²) in [6.07, 6.45) is 1.53. The number of furan rings is 1. The molecule has 8 heteroatoms. The molecule has 0 saturated carbocycles. The Morgan fingerprint density at radius 2 is 1.82 bits per heavy atom. The quantitative estimate of drug-likeness (QED) is 0.562. The van der Waals surface area contributed by atoms with E-state index in [1.54, 1.807) is 35.2 Å². The van der Waals surface area contributed by atoms with Crippen molar-refractivity contribution in [3.05, 3.63) is 84.1 Å². The molecule has 0 radical (unpaired) electrons. The average molecular weight is 403 g/mol. The van der Waals surface area contributed by atoms with Gasteiger partial charge in [0.05, 0.1) is 12.8 Å². The molecule has 0 bridgehead atoms. The molecule has 0 atom stereocenters. The maximum Gasteiger partial charge on any atom is 0.339 e. The molecule has 0 unspecified atom stereocenters. The fourth-order valence-corrected chi connectivity index (χ4v) is 3.48. The van der Waals surface area contributed by atoms with Gasteiger partial charge in [-0.1, -0.05) is 12.1 Å². The highest BCUT2D eigenvalue weighted by Crippen LogP contribution is 2.21. The van der Waals surface area contributed by atoms with E-state index >= 15 is 0 Å². The van der Waals surface area contributed by atoms with Crippen molar-refractivity contribution in [3.8, 4) is 5.75 Å². The fraction of sp³-hybridized carbons (Fsp3) is 0.150. The zero-order valence-corrected chi connectivity index (χ0v) is 15.9. The lowest BCUT2D eigenvalue weighted by atomic mass is 10.2. The Labute approximate surface area is 162 Å². The molecular formula is C20H18FNO5S. The van der Waals surface area contributed by atoms with Gasteiger partial charge in [0.25, 0.3) is 0 Å². The SMILES string of the molecule is CC(=O)N(Cc1cccc(OS(=O)(=O)c2ccc(F)cc2)c1)Cc1ccco1. The molecule has 0 fully saturated rings.